The number of fused-ring (bicyclic) bond motifs is 6. The van der Waals surface area contributed by atoms with Crippen LogP contribution in [0.2, 0.25) is 0 Å². The molecule has 290 valence electrons. The molecule has 1 aliphatic heterocycles. The third-order valence-electron chi connectivity index (χ3n) is 14.0. The minimum atomic E-state index is -0.366. The Morgan fingerprint density at radius 3 is 2.39 bits per heavy atom. The number of nitrogens with zero attached hydrogens (tertiary/aromatic N) is 1. The largest absolute Gasteiger partial charge is 0.322 e. The van der Waals surface area contributed by atoms with Crippen molar-refractivity contribution >= 4 is 29.5 Å². The van der Waals surface area contributed by atoms with E-state index < -0.39 is 0 Å². The van der Waals surface area contributed by atoms with Crippen molar-refractivity contribution < 1.29 is 0 Å². The van der Waals surface area contributed by atoms with Crippen LogP contribution < -0.4 is 0 Å². The van der Waals surface area contributed by atoms with E-state index in [0.29, 0.717) is 11.2 Å². The monoisotopic (exact) mass is 781 g/mol. The number of rotatable bonds is 8. The van der Waals surface area contributed by atoms with E-state index in [4.69, 9.17) is 0 Å². The molecule has 0 aromatic heterocycles. The second kappa shape index (κ2) is 15.2. The lowest BCUT2D eigenvalue weighted by Gasteiger charge is -2.38. The molecule has 0 saturated carbocycles. The summed E-state index contributed by atoms with van der Waals surface area (Å²) >= 11 is 1.94. The molecular weight excluding hydrogens is 731 g/mol. The summed E-state index contributed by atoms with van der Waals surface area (Å²) in [4.78, 5) is 3.92. The van der Waals surface area contributed by atoms with Crippen LogP contribution in [0.25, 0.3) is 17.7 Å². The van der Waals surface area contributed by atoms with Crippen molar-refractivity contribution in [2.24, 2.45) is 0 Å². The van der Waals surface area contributed by atoms with Gasteiger partial charge in [-0.2, -0.15) is 0 Å². The van der Waals surface area contributed by atoms with Gasteiger partial charge < -0.3 is 4.90 Å². The van der Waals surface area contributed by atoms with Gasteiger partial charge in [0.05, 0.1) is 5.41 Å². The second-order valence-electron chi connectivity index (χ2n) is 17.1. The molecule has 59 heavy (non-hydrogen) atoms. The van der Waals surface area contributed by atoms with Crippen molar-refractivity contribution in [3.63, 3.8) is 0 Å². The van der Waals surface area contributed by atoms with Crippen molar-refractivity contribution in [3.8, 4) is 0 Å². The normalized spacial score (nSPS) is 24.8. The number of allylic oxidation sites excluding steroid dienone is 14. The third kappa shape index (κ3) is 6.05. The van der Waals surface area contributed by atoms with Gasteiger partial charge in [-0.05, 0) is 143 Å². The molecule has 4 atom stereocenters. The highest BCUT2D eigenvalue weighted by Gasteiger charge is 2.48. The maximum atomic E-state index is 4.29. The summed E-state index contributed by atoms with van der Waals surface area (Å²) < 4.78 is 0. The highest BCUT2D eigenvalue weighted by molar-refractivity contribution is 8.00. The minimum absolute atomic E-state index is 0.259. The fourth-order valence-electron chi connectivity index (χ4n) is 11.3. The standard InChI is InChI=1S/C57H51NS/c1-2-55-51(50-26-14-16-28-56(50)59-55)35-36-58(43-31-29-39(30-32-43)52-37-40-17-9-10-22-45(40)46-23-11-12-24-47(46)52)44-33-34-49-48-25-13-15-27-53(48)57(54(49)38-44,41-18-5-3-6-19-41)42-20-7-4-8-21-42/h2-3,5-7,9,12-21,24-29,31-32,35-39,51,55H,1,4,8,10-11,22-23,30,33-34H2/b36-35+. The topological polar surface area (TPSA) is 3.24 Å². The quantitative estimate of drug-likeness (QED) is 0.164. The molecule has 0 N–H and O–H groups in total. The highest BCUT2D eigenvalue weighted by Crippen LogP contribution is 2.59. The second-order valence-corrected chi connectivity index (χ2v) is 18.3. The van der Waals surface area contributed by atoms with E-state index in [1.54, 1.807) is 11.1 Å². The minimum Gasteiger partial charge on any atom is -0.322 e. The highest BCUT2D eigenvalue weighted by atomic mass is 32.2. The van der Waals surface area contributed by atoms with Crippen molar-refractivity contribution in [1.29, 1.82) is 0 Å². The molecule has 0 amide bonds. The Labute approximate surface area is 355 Å². The summed E-state index contributed by atoms with van der Waals surface area (Å²) in [6, 6.07) is 32.0. The molecule has 0 fully saturated rings. The SMILES string of the molecule is C=CC1Sc2ccccc2C1/C=C/N(C1=CCC(c2cc3c(c4c2C=CCC4)CCC=C3)C=C1)C1=CC2=C(CC1)c1ccccc1C2(C1=CCCC=C1)c1ccccc1. The van der Waals surface area contributed by atoms with E-state index >= 15 is 0 Å². The van der Waals surface area contributed by atoms with Gasteiger partial charge in [0, 0.05) is 39.6 Å². The molecule has 1 nitrogen and oxygen atoms in total. The maximum Gasteiger partial charge on any atom is 0.0707 e. The first kappa shape index (κ1) is 36.5. The molecule has 2 heteroatoms. The Morgan fingerprint density at radius 2 is 1.54 bits per heavy atom. The van der Waals surface area contributed by atoms with E-state index in [0.717, 1.165) is 51.4 Å². The van der Waals surface area contributed by atoms with E-state index in [1.807, 2.05) is 11.8 Å². The van der Waals surface area contributed by atoms with Crippen molar-refractivity contribution in [1.82, 2.24) is 4.90 Å². The first-order valence-electron chi connectivity index (χ1n) is 21.9. The van der Waals surface area contributed by atoms with Crippen LogP contribution in [0.4, 0.5) is 0 Å². The molecule has 0 bridgehead atoms. The van der Waals surface area contributed by atoms with Crippen molar-refractivity contribution in [2.75, 3.05) is 0 Å². The summed E-state index contributed by atoms with van der Waals surface area (Å²) in [6.07, 6.45) is 43.7. The van der Waals surface area contributed by atoms with E-state index in [2.05, 4.69) is 182 Å². The Hall–Kier alpha value is -5.57. The zero-order valence-electron chi connectivity index (χ0n) is 33.8. The van der Waals surface area contributed by atoms with Gasteiger partial charge in [-0.3, -0.25) is 0 Å². The van der Waals surface area contributed by atoms with Gasteiger partial charge in [0.25, 0.3) is 0 Å². The van der Waals surface area contributed by atoms with Gasteiger partial charge in [-0.25, -0.2) is 0 Å². The average Bonchev–Trinajstić information content (AvgIpc) is 3.82. The first-order valence-corrected chi connectivity index (χ1v) is 22.8. The van der Waals surface area contributed by atoms with Crippen LogP contribution in [0, 0.1) is 0 Å². The number of hydrogen-bond acceptors (Lipinski definition) is 2. The Kier molecular flexibility index (Phi) is 9.42. The zero-order valence-corrected chi connectivity index (χ0v) is 34.6. The van der Waals surface area contributed by atoms with Crippen LogP contribution >= 0.6 is 11.8 Å². The Bertz CT molecular complexity index is 2650. The Balaban J connectivity index is 1.03. The third-order valence-corrected chi connectivity index (χ3v) is 15.3. The van der Waals surface area contributed by atoms with Gasteiger partial charge in [-0.1, -0.05) is 146 Å². The van der Waals surface area contributed by atoms with Crippen molar-refractivity contribution in [2.45, 2.75) is 85.2 Å². The average molecular weight is 782 g/mol. The van der Waals surface area contributed by atoms with Crippen LogP contribution in [0.15, 0.2) is 192 Å². The fourth-order valence-corrected chi connectivity index (χ4v) is 12.5. The lowest BCUT2D eigenvalue weighted by molar-refractivity contribution is 0.542. The van der Waals surface area contributed by atoms with Gasteiger partial charge >= 0.3 is 0 Å². The smallest absolute Gasteiger partial charge is 0.0707 e. The fraction of sp³-hybridized carbons (Fsp3) is 0.228. The molecule has 1 heterocycles. The molecule has 0 radical (unpaired) electrons. The molecule has 11 rings (SSSR count). The van der Waals surface area contributed by atoms with E-state index in [1.165, 1.54) is 78.4 Å². The van der Waals surface area contributed by atoms with Crippen LogP contribution in [-0.4, -0.2) is 10.1 Å². The number of benzene rings is 4. The molecule has 4 aromatic carbocycles. The van der Waals surface area contributed by atoms with Crippen LogP contribution in [-0.2, 0) is 18.3 Å². The van der Waals surface area contributed by atoms with Gasteiger partial charge in [0.15, 0.2) is 0 Å². The summed E-state index contributed by atoms with van der Waals surface area (Å²) in [7, 11) is 0. The first-order chi connectivity index (χ1) is 29.2. The molecule has 7 aliphatic rings. The predicted molar refractivity (Wildman–Crippen MR) is 250 cm³/mol. The number of thioether (sulfide) groups is 1. The lowest BCUT2D eigenvalue weighted by Crippen LogP contribution is -2.31. The summed E-state index contributed by atoms with van der Waals surface area (Å²) in [5, 5.41) is 0.304. The van der Waals surface area contributed by atoms with Crippen LogP contribution in [0.1, 0.15) is 107 Å². The molecule has 0 saturated heterocycles. The molecule has 6 aliphatic carbocycles. The van der Waals surface area contributed by atoms with Gasteiger partial charge in [0.2, 0.25) is 0 Å². The zero-order chi connectivity index (χ0) is 39.3. The van der Waals surface area contributed by atoms with Crippen molar-refractivity contribution in [3.05, 3.63) is 237 Å². The van der Waals surface area contributed by atoms with E-state index in [9.17, 15) is 0 Å². The van der Waals surface area contributed by atoms with Crippen LogP contribution in [0.5, 0.6) is 0 Å². The summed E-state index contributed by atoms with van der Waals surface area (Å²) in [6.45, 7) is 4.29. The van der Waals surface area contributed by atoms with Crippen LogP contribution in [0.3, 0.4) is 0 Å². The molecule has 4 aromatic rings. The van der Waals surface area contributed by atoms with Gasteiger partial charge in [-0.15, -0.1) is 18.3 Å². The molecular formula is C57H51NS. The van der Waals surface area contributed by atoms with Gasteiger partial charge in [0.1, 0.15) is 0 Å². The maximum absolute atomic E-state index is 4.29. The summed E-state index contributed by atoms with van der Waals surface area (Å²) in [5.41, 5.74) is 19.8. The molecule has 4 unspecified atom stereocenters. The lowest BCUT2D eigenvalue weighted by atomic mass is 9.64. The summed E-state index contributed by atoms with van der Waals surface area (Å²) in [5.74, 6) is 0.606. The number of hydrogen-bond donors (Lipinski definition) is 0. The predicted octanol–water partition coefficient (Wildman–Crippen LogP) is 14.5. The Morgan fingerprint density at radius 1 is 0.729 bits per heavy atom. The van der Waals surface area contributed by atoms with E-state index in [-0.39, 0.29) is 11.3 Å². The molecule has 0 spiro atoms.